The minimum atomic E-state index is 0.0896. The summed E-state index contributed by atoms with van der Waals surface area (Å²) in [6.07, 6.45) is 10.7. The van der Waals surface area contributed by atoms with Crippen molar-refractivity contribution in [2.75, 3.05) is 33.2 Å². The molecule has 5 rings (SSSR count). The van der Waals surface area contributed by atoms with Gasteiger partial charge in [0, 0.05) is 19.5 Å². The van der Waals surface area contributed by atoms with Gasteiger partial charge in [0.2, 0.25) is 11.8 Å². The molecule has 26 heavy (non-hydrogen) atoms. The van der Waals surface area contributed by atoms with Crippen molar-refractivity contribution in [2.45, 2.75) is 57.8 Å². The highest BCUT2D eigenvalue weighted by atomic mass is 16.2. The minimum absolute atomic E-state index is 0.0896. The van der Waals surface area contributed by atoms with Crippen molar-refractivity contribution in [3.63, 3.8) is 0 Å². The SMILES string of the molecule is CNCC1CCN(C(=O)CNC(=O)CC23CC4CC(CC(C4)C2)C3)CC1. The highest BCUT2D eigenvalue weighted by Gasteiger charge is 2.51. The van der Waals surface area contributed by atoms with Crippen molar-refractivity contribution in [1.29, 1.82) is 0 Å². The molecule has 0 atom stereocenters. The molecule has 0 aromatic rings. The maximum absolute atomic E-state index is 12.6. The lowest BCUT2D eigenvalue weighted by Gasteiger charge is -2.56. The molecule has 2 N–H and O–H groups in total. The van der Waals surface area contributed by atoms with E-state index in [0.29, 0.717) is 12.3 Å². The molecule has 4 saturated carbocycles. The lowest BCUT2D eigenvalue weighted by atomic mass is 9.49. The van der Waals surface area contributed by atoms with Gasteiger partial charge in [0.25, 0.3) is 0 Å². The Labute approximate surface area is 157 Å². The van der Waals surface area contributed by atoms with Gasteiger partial charge in [0.05, 0.1) is 6.54 Å². The van der Waals surface area contributed by atoms with Crippen LogP contribution in [0.15, 0.2) is 0 Å². The highest BCUT2D eigenvalue weighted by molar-refractivity contribution is 5.85. The average Bonchev–Trinajstić information content (AvgIpc) is 2.59. The van der Waals surface area contributed by atoms with Crippen LogP contribution in [0.3, 0.4) is 0 Å². The van der Waals surface area contributed by atoms with Gasteiger partial charge in [0.1, 0.15) is 0 Å². The normalized spacial score (nSPS) is 36.3. The van der Waals surface area contributed by atoms with E-state index >= 15 is 0 Å². The second-order valence-corrected chi connectivity index (χ2v) is 9.75. The smallest absolute Gasteiger partial charge is 0.241 e. The summed E-state index contributed by atoms with van der Waals surface area (Å²) in [5.74, 6) is 3.48. The van der Waals surface area contributed by atoms with Gasteiger partial charge in [-0.1, -0.05) is 0 Å². The van der Waals surface area contributed by atoms with E-state index in [0.717, 1.165) is 50.2 Å². The third-order valence-corrected chi connectivity index (χ3v) is 7.60. The summed E-state index contributed by atoms with van der Waals surface area (Å²) in [6.45, 7) is 2.87. The monoisotopic (exact) mass is 361 g/mol. The summed E-state index contributed by atoms with van der Waals surface area (Å²) >= 11 is 0. The molecule has 5 fully saturated rings. The molecule has 146 valence electrons. The lowest BCUT2D eigenvalue weighted by Crippen LogP contribution is -2.49. The Bertz CT molecular complexity index is 504. The van der Waals surface area contributed by atoms with E-state index in [9.17, 15) is 9.59 Å². The van der Waals surface area contributed by atoms with Crippen LogP contribution in [0.1, 0.15) is 57.8 Å². The molecule has 1 aliphatic heterocycles. The van der Waals surface area contributed by atoms with Crippen molar-refractivity contribution in [2.24, 2.45) is 29.1 Å². The largest absolute Gasteiger partial charge is 0.347 e. The van der Waals surface area contributed by atoms with Gasteiger partial charge in [-0.2, -0.15) is 0 Å². The molecule has 1 heterocycles. The Morgan fingerprint density at radius 1 is 1.00 bits per heavy atom. The van der Waals surface area contributed by atoms with Crippen LogP contribution in [0.25, 0.3) is 0 Å². The van der Waals surface area contributed by atoms with Gasteiger partial charge in [-0.25, -0.2) is 0 Å². The molecule has 5 nitrogen and oxygen atoms in total. The van der Waals surface area contributed by atoms with Gasteiger partial charge >= 0.3 is 0 Å². The molecule has 5 heteroatoms. The standard InChI is InChI=1S/C21H35N3O2/c1-22-13-15-2-4-24(5-3-15)20(26)14-23-19(25)12-21-9-16-6-17(10-21)8-18(7-16)11-21/h15-18,22H,2-14H2,1H3,(H,23,25). The average molecular weight is 362 g/mol. The summed E-state index contributed by atoms with van der Waals surface area (Å²) in [6, 6.07) is 0. The van der Waals surface area contributed by atoms with Crippen LogP contribution in [-0.2, 0) is 9.59 Å². The van der Waals surface area contributed by atoms with E-state index in [1.165, 1.54) is 38.5 Å². The molecule has 0 spiro atoms. The van der Waals surface area contributed by atoms with Crippen molar-refractivity contribution in [1.82, 2.24) is 15.5 Å². The fourth-order valence-corrected chi connectivity index (χ4v) is 6.87. The van der Waals surface area contributed by atoms with Crippen LogP contribution in [0, 0.1) is 29.1 Å². The van der Waals surface area contributed by atoms with E-state index in [1.54, 1.807) is 0 Å². The number of rotatable bonds is 6. The van der Waals surface area contributed by atoms with Crippen LogP contribution in [-0.4, -0.2) is 49.9 Å². The first-order valence-corrected chi connectivity index (χ1v) is 10.7. The van der Waals surface area contributed by atoms with Gasteiger partial charge < -0.3 is 15.5 Å². The number of piperidine rings is 1. The molecule has 2 amide bonds. The Kier molecular flexibility index (Phi) is 5.27. The van der Waals surface area contributed by atoms with E-state index in [-0.39, 0.29) is 23.8 Å². The summed E-state index contributed by atoms with van der Waals surface area (Å²) in [5, 5.41) is 6.17. The number of hydrogen-bond donors (Lipinski definition) is 2. The molecule has 0 unspecified atom stereocenters. The van der Waals surface area contributed by atoms with E-state index in [4.69, 9.17) is 0 Å². The van der Waals surface area contributed by atoms with Gasteiger partial charge in [0.15, 0.2) is 0 Å². The number of carbonyl (C=O) groups excluding carboxylic acids is 2. The van der Waals surface area contributed by atoms with Gasteiger partial charge in [-0.15, -0.1) is 0 Å². The molecule has 0 radical (unpaired) electrons. The summed E-state index contributed by atoms with van der Waals surface area (Å²) in [5.41, 5.74) is 0.257. The molecule has 0 aromatic carbocycles. The van der Waals surface area contributed by atoms with Crippen molar-refractivity contribution in [3.8, 4) is 0 Å². The van der Waals surface area contributed by atoms with Gasteiger partial charge in [-0.05, 0) is 94.0 Å². The fourth-order valence-electron chi connectivity index (χ4n) is 6.87. The summed E-state index contributed by atoms with van der Waals surface area (Å²) in [7, 11) is 1.98. The van der Waals surface area contributed by atoms with Crippen LogP contribution in [0.2, 0.25) is 0 Å². The van der Waals surface area contributed by atoms with Crippen molar-refractivity contribution < 1.29 is 9.59 Å². The van der Waals surface area contributed by atoms with Crippen LogP contribution < -0.4 is 10.6 Å². The van der Waals surface area contributed by atoms with Gasteiger partial charge in [-0.3, -0.25) is 9.59 Å². The van der Waals surface area contributed by atoms with Crippen LogP contribution in [0.5, 0.6) is 0 Å². The maximum atomic E-state index is 12.6. The Morgan fingerprint density at radius 3 is 2.12 bits per heavy atom. The van der Waals surface area contributed by atoms with E-state index in [2.05, 4.69) is 10.6 Å². The predicted molar refractivity (Wildman–Crippen MR) is 101 cm³/mol. The Hall–Kier alpha value is -1.10. The van der Waals surface area contributed by atoms with Crippen LogP contribution in [0.4, 0.5) is 0 Å². The molecule has 1 saturated heterocycles. The number of nitrogens with zero attached hydrogens (tertiary/aromatic N) is 1. The number of likely N-dealkylation sites (tertiary alicyclic amines) is 1. The number of hydrogen-bond acceptors (Lipinski definition) is 3. The van der Waals surface area contributed by atoms with E-state index < -0.39 is 0 Å². The summed E-state index contributed by atoms with van der Waals surface area (Å²) < 4.78 is 0. The fraction of sp³-hybridized carbons (Fsp3) is 0.905. The quantitative estimate of drug-likeness (QED) is 0.762. The van der Waals surface area contributed by atoms with Crippen LogP contribution >= 0.6 is 0 Å². The molecular weight excluding hydrogens is 326 g/mol. The third kappa shape index (κ3) is 3.92. The number of carbonyl (C=O) groups is 2. The first-order chi connectivity index (χ1) is 12.5. The minimum Gasteiger partial charge on any atom is -0.347 e. The third-order valence-electron chi connectivity index (χ3n) is 7.60. The second kappa shape index (κ2) is 7.49. The zero-order valence-corrected chi connectivity index (χ0v) is 16.3. The van der Waals surface area contributed by atoms with Crippen molar-refractivity contribution >= 4 is 11.8 Å². The lowest BCUT2D eigenvalue weighted by molar-refractivity contribution is -0.136. The van der Waals surface area contributed by atoms with Crippen molar-refractivity contribution in [3.05, 3.63) is 0 Å². The molecular formula is C21H35N3O2. The van der Waals surface area contributed by atoms with E-state index in [1.807, 2.05) is 11.9 Å². The Balaban J connectivity index is 1.21. The molecule has 4 aliphatic carbocycles. The first-order valence-electron chi connectivity index (χ1n) is 10.7. The zero-order valence-electron chi connectivity index (χ0n) is 16.3. The number of amides is 2. The zero-order chi connectivity index (χ0) is 18.1. The molecule has 4 bridgehead atoms. The Morgan fingerprint density at radius 2 is 1.58 bits per heavy atom. The maximum Gasteiger partial charge on any atom is 0.241 e. The second-order valence-electron chi connectivity index (χ2n) is 9.75. The predicted octanol–water partition coefficient (Wildman–Crippen LogP) is 2.17. The first kappa shape index (κ1) is 18.3. The number of nitrogens with one attached hydrogen (secondary N) is 2. The topological polar surface area (TPSA) is 61.4 Å². The highest BCUT2D eigenvalue weighted by Crippen LogP contribution is 2.61. The molecule has 0 aromatic heterocycles. The summed E-state index contributed by atoms with van der Waals surface area (Å²) in [4.78, 5) is 26.9. The molecule has 5 aliphatic rings.